The van der Waals surface area contributed by atoms with Gasteiger partial charge in [-0.15, -0.1) is 0 Å². The van der Waals surface area contributed by atoms with Crippen molar-refractivity contribution < 1.29 is 0 Å². The molecule has 6 nitrogen and oxygen atoms in total. The molecule has 3 aromatic rings. The molecule has 160 valence electrons. The lowest BCUT2D eigenvalue weighted by molar-refractivity contribution is 0.369. The van der Waals surface area contributed by atoms with Crippen molar-refractivity contribution in [1.29, 1.82) is 0 Å². The second-order valence-electron chi connectivity index (χ2n) is 9.67. The molecule has 3 fully saturated rings. The van der Waals surface area contributed by atoms with Gasteiger partial charge in [0, 0.05) is 36.8 Å². The van der Waals surface area contributed by atoms with Gasteiger partial charge in [-0.2, -0.15) is 4.98 Å². The van der Waals surface area contributed by atoms with E-state index in [9.17, 15) is 4.79 Å². The summed E-state index contributed by atoms with van der Waals surface area (Å²) in [7, 11) is 0. The topological polar surface area (TPSA) is 63.1 Å². The normalized spacial score (nSPS) is 23.4. The molecule has 31 heavy (non-hydrogen) atoms. The highest BCUT2D eigenvalue weighted by Crippen LogP contribution is 2.37. The molecule has 1 aromatic carbocycles. The number of nitrogens with one attached hydrogen (secondary N) is 1. The third-order valence-electron chi connectivity index (χ3n) is 7.38. The van der Waals surface area contributed by atoms with Gasteiger partial charge < -0.3 is 0 Å². The molecule has 2 saturated carbocycles. The minimum Gasteiger partial charge on any atom is -0.292 e. The minimum atomic E-state index is 0.0501. The predicted molar refractivity (Wildman–Crippen MR) is 123 cm³/mol. The van der Waals surface area contributed by atoms with E-state index in [-0.39, 0.29) is 5.56 Å². The summed E-state index contributed by atoms with van der Waals surface area (Å²) in [6.07, 6.45) is 8.29. The number of fused-ring (bicyclic) bond motifs is 2. The summed E-state index contributed by atoms with van der Waals surface area (Å²) in [5.41, 5.74) is 7.06. The average molecular weight is 416 g/mol. The molecule has 1 saturated heterocycles. The van der Waals surface area contributed by atoms with Crippen molar-refractivity contribution >= 4 is 17.0 Å². The molecule has 6 heteroatoms. The molecule has 1 N–H and O–H groups in total. The Hall–Kier alpha value is -2.73. The third-order valence-corrected chi connectivity index (χ3v) is 7.38. The monoisotopic (exact) mass is 415 g/mol. The average Bonchev–Trinajstić information content (AvgIpc) is 3.35. The number of hydrazine groups is 1. The van der Waals surface area contributed by atoms with Crippen LogP contribution in [0.1, 0.15) is 37.7 Å². The van der Waals surface area contributed by atoms with Gasteiger partial charge in [-0.1, -0.05) is 30.7 Å². The van der Waals surface area contributed by atoms with E-state index in [1.807, 2.05) is 35.0 Å². The highest BCUT2D eigenvalue weighted by Gasteiger charge is 2.36. The molecule has 6 rings (SSSR count). The van der Waals surface area contributed by atoms with Gasteiger partial charge in [0.15, 0.2) is 0 Å². The van der Waals surface area contributed by atoms with Crippen LogP contribution < -0.4 is 11.0 Å². The number of rotatable bonds is 5. The summed E-state index contributed by atoms with van der Waals surface area (Å²) in [6, 6.07) is 10.1. The number of benzene rings is 1. The molecule has 0 bridgehead atoms. The van der Waals surface area contributed by atoms with E-state index < -0.39 is 0 Å². The van der Waals surface area contributed by atoms with Crippen LogP contribution in [0, 0.1) is 24.7 Å². The molecule has 1 aliphatic heterocycles. The number of aryl methyl sites for hydroxylation is 1. The maximum atomic E-state index is 13.6. The zero-order chi connectivity index (χ0) is 20.9. The fourth-order valence-electron chi connectivity index (χ4n) is 5.48. The number of anilines is 1. The van der Waals surface area contributed by atoms with Crippen LogP contribution in [0.2, 0.25) is 0 Å². The third kappa shape index (κ3) is 3.53. The lowest BCUT2D eigenvalue weighted by Crippen LogP contribution is -2.30. The first-order valence-electron chi connectivity index (χ1n) is 11.6. The number of aromatic nitrogens is 3. The van der Waals surface area contributed by atoms with Crippen LogP contribution in [0.25, 0.3) is 22.2 Å². The van der Waals surface area contributed by atoms with Crippen molar-refractivity contribution in [3.05, 3.63) is 52.4 Å². The van der Waals surface area contributed by atoms with Gasteiger partial charge >= 0.3 is 0 Å². The van der Waals surface area contributed by atoms with Gasteiger partial charge in [0.1, 0.15) is 5.65 Å². The van der Waals surface area contributed by atoms with Gasteiger partial charge in [-0.3, -0.25) is 14.8 Å². The fourth-order valence-corrected chi connectivity index (χ4v) is 5.48. The Morgan fingerprint density at radius 2 is 1.84 bits per heavy atom. The van der Waals surface area contributed by atoms with Crippen molar-refractivity contribution in [3.63, 3.8) is 0 Å². The van der Waals surface area contributed by atoms with E-state index in [4.69, 9.17) is 4.98 Å². The van der Waals surface area contributed by atoms with Crippen molar-refractivity contribution in [2.24, 2.45) is 17.8 Å². The summed E-state index contributed by atoms with van der Waals surface area (Å²) >= 11 is 0. The molecule has 3 aliphatic rings. The smallest absolute Gasteiger partial charge is 0.260 e. The van der Waals surface area contributed by atoms with E-state index in [1.54, 1.807) is 0 Å². The van der Waals surface area contributed by atoms with Crippen LogP contribution in [0.3, 0.4) is 0 Å². The quantitative estimate of drug-likeness (QED) is 0.675. The molecule has 2 atom stereocenters. The summed E-state index contributed by atoms with van der Waals surface area (Å²) in [5.74, 6) is 2.78. The highest BCUT2D eigenvalue weighted by atomic mass is 16.1. The Kier molecular flexibility index (Phi) is 4.56. The first kappa shape index (κ1) is 19.0. The van der Waals surface area contributed by atoms with Gasteiger partial charge in [0.2, 0.25) is 5.95 Å². The zero-order valence-corrected chi connectivity index (χ0v) is 18.1. The fraction of sp³-hybridized carbons (Fsp3) is 0.480. The second-order valence-corrected chi connectivity index (χ2v) is 9.67. The van der Waals surface area contributed by atoms with Crippen LogP contribution in [0.4, 0.5) is 5.95 Å². The van der Waals surface area contributed by atoms with Crippen molar-refractivity contribution in [3.8, 4) is 11.1 Å². The van der Waals surface area contributed by atoms with Crippen LogP contribution in [-0.2, 0) is 6.54 Å². The maximum absolute atomic E-state index is 13.6. The maximum Gasteiger partial charge on any atom is 0.260 e. The number of hydrogen-bond acceptors (Lipinski definition) is 5. The van der Waals surface area contributed by atoms with E-state index in [1.165, 1.54) is 32.1 Å². The molecule has 0 spiro atoms. The number of pyridine rings is 1. The van der Waals surface area contributed by atoms with Gasteiger partial charge in [0.25, 0.3) is 5.56 Å². The summed E-state index contributed by atoms with van der Waals surface area (Å²) in [5, 5.41) is 3.18. The van der Waals surface area contributed by atoms with Crippen molar-refractivity contribution in [2.75, 3.05) is 18.5 Å². The first-order chi connectivity index (χ1) is 15.2. The number of nitrogens with zero attached hydrogens (tertiary/aromatic N) is 4. The minimum absolute atomic E-state index is 0.0501. The lowest BCUT2D eigenvalue weighted by Gasteiger charge is -2.19. The Morgan fingerprint density at radius 3 is 2.58 bits per heavy atom. The van der Waals surface area contributed by atoms with E-state index >= 15 is 0 Å². The summed E-state index contributed by atoms with van der Waals surface area (Å²) in [6.45, 7) is 4.92. The van der Waals surface area contributed by atoms with Gasteiger partial charge in [0.05, 0.1) is 0 Å². The Bertz CT molecular complexity index is 1190. The standard InChI is InChI=1S/C25H29N5O/c1-16-5-2-3-8-21(16)22-11-20-12-26-25(28-29-14-18-6-4-7-19(18)15-29)27-23(20)30(24(22)31)13-17-9-10-17/h2-3,5,8,11-12,17-19H,4,6-7,9-10,13-15H2,1H3,(H,26,27,28). The summed E-state index contributed by atoms with van der Waals surface area (Å²) in [4.78, 5) is 23.0. The summed E-state index contributed by atoms with van der Waals surface area (Å²) < 4.78 is 1.89. The highest BCUT2D eigenvalue weighted by molar-refractivity contribution is 5.82. The van der Waals surface area contributed by atoms with E-state index in [0.717, 1.165) is 59.2 Å². The van der Waals surface area contributed by atoms with Gasteiger partial charge in [-0.05, 0) is 67.6 Å². The SMILES string of the molecule is Cc1ccccc1-c1cc2cnc(NN3CC4CCCC4C3)nc2n(CC2CC2)c1=O. The lowest BCUT2D eigenvalue weighted by atomic mass is 10.0. The predicted octanol–water partition coefficient (Wildman–Crippen LogP) is 4.24. The molecule has 2 aromatic heterocycles. The Balaban J connectivity index is 1.39. The molecule has 2 aliphatic carbocycles. The molecule has 2 unspecified atom stereocenters. The molecular weight excluding hydrogens is 386 g/mol. The van der Waals surface area contributed by atoms with Crippen LogP contribution in [0.15, 0.2) is 41.3 Å². The molecular formula is C25H29N5O. The van der Waals surface area contributed by atoms with E-state index in [2.05, 4.69) is 28.4 Å². The molecule has 0 radical (unpaired) electrons. The van der Waals surface area contributed by atoms with Gasteiger partial charge in [-0.25, -0.2) is 9.99 Å². The number of hydrogen-bond donors (Lipinski definition) is 1. The Morgan fingerprint density at radius 1 is 1.06 bits per heavy atom. The molecule has 3 heterocycles. The van der Waals surface area contributed by atoms with Crippen LogP contribution in [0.5, 0.6) is 0 Å². The Labute approximate surface area is 182 Å². The van der Waals surface area contributed by atoms with Crippen molar-refractivity contribution in [1.82, 2.24) is 19.5 Å². The van der Waals surface area contributed by atoms with Crippen LogP contribution >= 0.6 is 0 Å². The van der Waals surface area contributed by atoms with Crippen molar-refractivity contribution in [2.45, 2.75) is 45.6 Å². The zero-order valence-electron chi connectivity index (χ0n) is 18.1. The molecule has 0 amide bonds. The van der Waals surface area contributed by atoms with Crippen LogP contribution in [-0.4, -0.2) is 32.6 Å². The first-order valence-corrected chi connectivity index (χ1v) is 11.6. The second kappa shape index (κ2) is 7.45. The largest absolute Gasteiger partial charge is 0.292 e. The van der Waals surface area contributed by atoms with E-state index in [0.29, 0.717) is 11.9 Å².